The van der Waals surface area contributed by atoms with E-state index in [0.717, 1.165) is 30.2 Å². The number of carbonyl (C=O) groups is 1. The predicted octanol–water partition coefficient (Wildman–Crippen LogP) is 2.40. The number of nitrogens with one attached hydrogen (secondary N) is 1. The summed E-state index contributed by atoms with van der Waals surface area (Å²) in [6, 6.07) is 4.24. The molecule has 134 valence electrons. The van der Waals surface area contributed by atoms with Crippen LogP contribution < -0.4 is 5.32 Å². The molecule has 1 atom stereocenters. The molecule has 1 aliphatic heterocycles. The molecule has 1 aliphatic rings. The number of hydrogen-bond donors (Lipinski definition) is 1. The highest BCUT2D eigenvalue weighted by atomic mass is 35.5. The van der Waals surface area contributed by atoms with E-state index >= 15 is 0 Å². The third kappa shape index (κ3) is 4.27. The van der Waals surface area contributed by atoms with Crippen molar-refractivity contribution in [1.29, 1.82) is 0 Å². The Hall–Kier alpha value is -1.15. The molecule has 0 aliphatic carbocycles. The smallest absolute Gasteiger partial charge is 0.244 e. The van der Waals surface area contributed by atoms with Gasteiger partial charge in [-0.25, -0.2) is 12.7 Å². The summed E-state index contributed by atoms with van der Waals surface area (Å²) in [6.07, 6.45) is 3.40. The van der Waals surface area contributed by atoms with Gasteiger partial charge in [0.15, 0.2) is 0 Å². The molecule has 0 spiro atoms. The predicted molar refractivity (Wildman–Crippen MR) is 95.8 cm³/mol. The van der Waals surface area contributed by atoms with E-state index < -0.39 is 10.0 Å². The third-order valence-corrected chi connectivity index (χ3v) is 6.57. The monoisotopic (exact) mass is 373 g/mol. The summed E-state index contributed by atoms with van der Waals surface area (Å²) in [5.74, 6) is -0.146. The lowest BCUT2D eigenvalue weighted by molar-refractivity contribution is -0.121. The second kappa shape index (κ2) is 7.82. The Morgan fingerprint density at radius 2 is 1.88 bits per heavy atom. The summed E-state index contributed by atoms with van der Waals surface area (Å²) < 4.78 is 25.7. The Morgan fingerprint density at radius 3 is 2.46 bits per heavy atom. The molecule has 1 N–H and O–H groups in total. The van der Waals surface area contributed by atoms with Gasteiger partial charge in [0.05, 0.1) is 11.1 Å². The van der Waals surface area contributed by atoms with E-state index in [1.54, 1.807) is 6.07 Å². The summed E-state index contributed by atoms with van der Waals surface area (Å²) in [6.45, 7) is 3.69. The first-order valence-electron chi connectivity index (χ1n) is 8.00. The summed E-state index contributed by atoms with van der Waals surface area (Å²) in [4.78, 5) is 14.6. The van der Waals surface area contributed by atoms with Crippen molar-refractivity contribution in [3.05, 3.63) is 23.2 Å². The van der Waals surface area contributed by atoms with Gasteiger partial charge in [-0.2, -0.15) is 0 Å². The van der Waals surface area contributed by atoms with Crippen molar-refractivity contribution in [2.75, 3.05) is 32.5 Å². The third-order valence-electron chi connectivity index (χ3n) is 4.28. The van der Waals surface area contributed by atoms with Gasteiger partial charge in [0.1, 0.15) is 4.90 Å². The van der Waals surface area contributed by atoms with Crippen molar-refractivity contribution in [3.8, 4) is 0 Å². The Morgan fingerprint density at radius 1 is 1.25 bits per heavy atom. The quantitative estimate of drug-likeness (QED) is 0.860. The van der Waals surface area contributed by atoms with Crippen molar-refractivity contribution >= 4 is 33.2 Å². The number of amides is 1. The van der Waals surface area contributed by atoms with E-state index in [4.69, 9.17) is 11.6 Å². The molecule has 0 aromatic heterocycles. The fraction of sp³-hybridized carbons (Fsp3) is 0.562. The Bertz CT molecular complexity index is 701. The van der Waals surface area contributed by atoms with Gasteiger partial charge in [-0.1, -0.05) is 18.0 Å². The minimum absolute atomic E-state index is 0.0161. The lowest BCUT2D eigenvalue weighted by atomic mass is 10.1. The lowest BCUT2D eigenvalue weighted by Crippen LogP contribution is -2.44. The molecule has 0 unspecified atom stereocenters. The van der Waals surface area contributed by atoms with Crippen molar-refractivity contribution in [2.45, 2.75) is 37.1 Å². The number of carbonyl (C=O) groups excluding carboxylic acids is 1. The molecule has 1 fully saturated rings. The largest absolute Gasteiger partial charge is 0.325 e. The zero-order chi connectivity index (χ0) is 17.9. The Balaban J connectivity index is 2.17. The van der Waals surface area contributed by atoms with Gasteiger partial charge in [0.25, 0.3) is 0 Å². The first kappa shape index (κ1) is 19.2. The topological polar surface area (TPSA) is 69.7 Å². The lowest BCUT2D eigenvalue weighted by Gasteiger charge is -2.31. The number of benzene rings is 1. The Labute approximate surface area is 148 Å². The molecule has 0 saturated carbocycles. The molecular formula is C16H24ClN3O3S. The van der Waals surface area contributed by atoms with Crippen LogP contribution >= 0.6 is 11.6 Å². The van der Waals surface area contributed by atoms with Crippen LogP contribution in [0.4, 0.5) is 5.69 Å². The molecule has 1 heterocycles. The maximum absolute atomic E-state index is 12.4. The number of sulfonamides is 1. The number of hydrogen-bond acceptors (Lipinski definition) is 4. The second-order valence-electron chi connectivity index (χ2n) is 6.19. The number of nitrogens with zero attached hydrogens (tertiary/aromatic N) is 2. The number of anilines is 1. The van der Waals surface area contributed by atoms with Crippen LogP contribution in [0, 0.1) is 0 Å². The highest BCUT2D eigenvalue weighted by Crippen LogP contribution is 2.27. The number of rotatable bonds is 5. The van der Waals surface area contributed by atoms with Crippen LogP contribution in [0.3, 0.4) is 0 Å². The summed E-state index contributed by atoms with van der Waals surface area (Å²) in [5.41, 5.74) is 0.425. The van der Waals surface area contributed by atoms with E-state index in [1.807, 2.05) is 6.92 Å². The zero-order valence-corrected chi connectivity index (χ0v) is 15.8. The standard InChI is InChI=1S/C16H24ClN3O3S/c1-12(20-9-5-4-6-10-20)16(21)18-13-7-8-14(17)15(11-13)24(22,23)19(2)3/h7-8,11-12H,4-6,9-10H2,1-3H3,(H,18,21)/t12-/m1/s1. The van der Waals surface area contributed by atoms with Gasteiger partial charge < -0.3 is 5.32 Å². The fourth-order valence-corrected chi connectivity index (χ4v) is 4.09. The summed E-state index contributed by atoms with van der Waals surface area (Å²) in [7, 11) is -0.787. The molecule has 0 bridgehead atoms. The molecule has 24 heavy (non-hydrogen) atoms. The summed E-state index contributed by atoms with van der Waals surface area (Å²) in [5, 5.41) is 2.93. The van der Waals surface area contributed by atoms with E-state index in [-0.39, 0.29) is 21.9 Å². The molecule has 1 aromatic carbocycles. The average molecular weight is 374 g/mol. The molecule has 0 radical (unpaired) electrons. The first-order chi connectivity index (χ1) is 11.2. The van der Waals surface area contributed by atoms with Gasteiger partial charge in [0, 0.05) is 19.8 Å². The van der Waals surface area contributed by atoms with Crippen LogP contribution in [0.5, 0.6) is 0 Å². The molecular weight excluding hydrogens is 350 g/mol. The van der Waals surface area contributed by atoms with Crippen molar-refractivity contribution in [3.63, 3.8) is 0 Å². The number of likely N-dealkylation sites (tertiary alicyclic amines) is 1. The van der Waals surface area contributed by atoms with E-state index in [0.29, 0.717) is 5.69 Å². The molecule has 6 nitrogen and oxygen atoms in total. The van der Waals surface area contributed by atoms with Crippen LogP contribution in [0.25, 0.3) is 0 Å². The molecule has 8 heteroatoms. The van der Waals surface area contributed by atoms with Gasteiger partial charge >= 0.3 is 0 Å². The van der Waals surface area contributed by atoms with Crippen LogP contribution in [0.1, 0.15) is 26.2 Å². The van der Waals surface area contributed by atoms with Gasteiger partial charge in [-0.05, 0) is 51.1 Å². The fourth-order valence-electron chi connectivity index (χ4n) is 2.69. The SMILES string of the molecule is C[C@H](C(=O)Nc1ccc(Cl)c(S(=O)(=O)N(C)C)c1)N1CCCCC1. The Kier molecular flexibility index (Phi) is 6.25. The van der Waals surface area contributed by atoms with E-state index in [2.05, 4.69) is 10.2 Å². The van der Waals surface area contributed by atoms with Gasteiger partial charge in [-0.15, -0.1) is 0 Å². The van der Waals surface area contributed by atoms with E-state index in [9.17, 15) is 13.2 Å². The van der Waals surface area contributed by atoms with Gasteiger partial charge in [0.2, 0.25) is 15.9 Å². The summed E-state index contributed by atoms with van der Waals surface area (Å²) >= 11 is 6.02. The first-order valence-corrected chi connectivity index (χ1v) is 9.82. The van der Waals surface area contributed by atoms with Crippen molar-refractivity contribution < 1.29 is 13.2 Å². The highest BCUT2D eigenvalue weighted by Gasteiger charge is 2.24. The van der Waals surface area contributed by atoms with Crippen molar-refractivity contribution in [1.82, 2.24) is 9.21 Å². The molecule has 2 rings (SSSR count). The molecule has 1 saturated heterocycles. The van der Waals surface area contributed by atoms with Crippen LogP contribution in [-0.4, -0.2) is 56.8 Å². The van der Waals surface area contributed by atoms with Crippen LogP contribution in [0.2, 0.25) is 5.02 Å². The minimum Gasteiger partial charge on any atom is -0.325 e. The second-order valence-corrected chi connectivity index (χ2v) is 8.72. The highest BCUT2D eigenvalue weighted by molar-refractivity contribution is 7.89. The van der Waals surface area contributed by atoms with Crippen molar-refractivity contribution in [2.24, 2.45) is 0 Å². The maximum atomic E-state index is 12.4. The molecule has 1 amide bonds. The molecule has 1 aromatic rings. The zero-order valence-electron chi connectivity index (χ0n) is 14.3. The number of halogens is 1. The van der Waals surface area contributed by atoms with Gasteiger partial charge in [-0.3, -0.25) is 9.69 Å². The number of piperidine rings is 1. The minimum atomic E-state index is -3.67. The average Bonchev–Trinajstić information content (AvgIpc) is 2.56. The van der Waals surface area contributed by atoms with Crippen LogP contribution in [-0.2, 0) is 14.8 Å². The normalized spacial score (nSPS) is 17.7. The van der Waals surface area contributed by atoms with Crippen LogP contribution in [0.15, 0.2) is 23.1 Å². The van der Waals surface area contributed by atoms with E-state index in [1.165, 1.54) is 32.6 Å². The maximum Gasteiger partial charge on any atom is 0.244 e.